The first-order chi connectivity index (χ1) is 7.79. The molecule has 80 valence electrons. The maximum Gasteiger partial charge on any atom is 0.0705 e. The van der Waals surface area contributed by atoms with Gasteiger partial charge in [-0.3, -0.25) is 4.98 Å². The number of hydrogen-bond donors (Lipinski definition) is 0. The molecule has 0 aliphatic rings. The third kappa shape index (κ3) is 2.37. The van der Waals surface area contributed by atoms with E-state index in [9.17, 15) is 0 Å². The molecule has 0 spiro atoms. The van der Waals surface area contributed by atoms with Crippen molar-refractivity contribution in [3.8, 4) is 0 Å². The van der Waals surface area contributed by atoms with Crippen LogP contribution in [0.15, 0.2) is 61.2 Å². The summed E-state index contributed by atoms with van der Waals surface area (Å²) in [6.45, 7) is 7.61. The van der Waals surface area contributed by atoms with E-state index in [1.165, 1.54) is 5.39 Å². The summed E-state index contributed by atoms with van der Waals surface area (Å²) in [5.74, 6) is 0. The number of allylic oxidation sites excluding steroid dienone is 2. The van der Waals surface area contributed by atoms with Gasteiger partial charge in [0.05, 0.1) is 5.52 Å². The summed E-state index contributed by atoms with van der Waals surface area (Å²) in [6.07, 6.45) is 3.66. The normalized spacial score (nSPS) is 10.2. The molecule has 0 radical (unpaired) electrons. The highest BCUT2D eigenvalue weighted by atomic mass is 14.7. The van der Waals surface area contributed by atoms with Gasteiger partial charge in [0.1, 0.15) is 0 Å². The van der Waals surface area contributed by atoms with Gasteiger partial charge in [-0.05, 0) is 25.0 Å². The molecule has 1 nitrogen and oxygen atoms in total. The van der Waals surface area contributed by atoms with E-state index in [-0.39, 0.29) is 0 Å². The molecule has 0 bridgehead atoms. The van der Waals surface area contributed by atoms with Gasteiger partial charge in [-0.1, -0.05) is 49.1 Å². The zero-order valence-electron chi connectivity index (χ0n) is 9.32. The SMILES string of the molecule is C=CC(=C)CCc1ccc2ccccc2n1. The maximum absolute atomic E-state index is 4.61. The minimum atomic E-state index is 0.925. The molecule has 0 saturated carbocycles. The number of pyridine rings is 1. The van der Waals surface area contributed by atoms with Crippen LogP contribution in [0.2, 0.25) is 0 Å². The average Bonchev–Trinajstić information content (AvgIpc) is 2.35. The van der Waals surface area contributed by atoms with Crippen molar-refractivity contribution in [2.75, 3.05) is 0 Å². The number of rotatable bonds is 4. The van der Waals surface area contributed by atoms with Crippen molar-refractivity contribution in [2.45, 2.75) is 12.8 Å². The Morgan fingerprint density at radius 3 is 2.81 bits per heavy atom. The Morgan fingerprint density at radius 1 is 1.19 bits per heavy atom. The number of nitrogens with zero attached hydrogens (tertiary/aromatic N) is 1. The molecule has 0 unspecified atom stereocenters. The van der Waals surface area contributed by atoms with Crippen molar-refractivity contribution in [2.24, 2.45) is 0 Å². The smallest absolute Gasteiger partial charge is 0.0705 e. The molecule has 16 heavy (non-hydrogen) atoms. The second kappa shape index (κ2) is 4.75. The molecule has 0 saturated heterocycles. The van der Waals surface area contributed by atoms with Gasteiger partial charge in [0, 0.05) is 11.1 Å². The summed E-state index contributed by atoms with van der Waals surface area (Å²) in [4.78, 5) is 4.61. The van der Waals surface area contributed by atoms with E-state index in [4.69, 9.17) is 0 Å². The highest BCUT2D eigenvalue weighted by Gasteiger charge is 1.98. The topological polar surface area (TPSA) is 12.9 Å². The molecule has 1 aromatic carbocycles. The molecule has 1 heterocycles. The molecule has 1 aromatic heterocycles. The predicted octanol–water partition coefficient (Wildman–Crippen LogP) is 3.91. The van der Waals surface area contributed by atoms with E-state index < -0.39 is 0 Å². The molecular formula is C15H15N. The summed E-state index contributed by atoms with van der Waals surface area (Å²) in [6, 6.07) is 12.4. The molecule has 0 atom stereocenters. The zero-order valence-corrected chi connectivity index (χ0v) is 9.32. The van der Waals surface area contributed by atoms with Crippen molar-refractivity contribution >= 4 is 10.9 Å². The minimum Gasteiger partial charge on any atom is -0.253 e. The van der Waals surface area contributed by atoms with Gasteiger partial charge in [-0.15, -0.1) is 0 Å². The highest BCUT2D eigenvalue weighted by molar-refractivity contribution is 5.78. The Morgan fingerprint density at radius 2 is 2.00 bits per heavy atom. The lowest BCUT2D eigenvalue weighted by Gasteiger charge is -2.02. The predicted molar refractivity (Wildman–Crippen MR) is 69.4 cm³/mol. The molecular weight excluding hydrogens is 194 g/mol. The van der Waals surface area contributed by atoms with Gasteiger partial charge in [-0.25, -0.2) is 0 Å². The fraction of sp³-hybridized carbons (Fsp3) is 0.133. The monoisotopic (exact) mass is 209 g/mol. The fourth-order valence-corrected chi connectivity index (χ4v) is 1.64. The van der Waals surface area contributed by atoms with Crippen molar-refractivity contribution in [1.29, 1.82) is 0 Å². The fourth-order valence-electron chi connectivity index (χ4n) is 1.64. The Balaban J connectivity index is 2.19. The molecule has 0 aliphatic carbocycles. The number of aromatic nitrogens is 1. The molecule has 0 amide bonds. The van der Waals surface area contributed by atoms with Crippen LogP contribution in [0.5, 0.6) is 0 Å². The Kier molecular flexibility index (Phi) is 3.16. The number of hydrogen-bond acceptors (Lipinski definition) is 1. The second-order valence-corrected chi connectivity index (χ2v) is 3.86. The summed E-state index contributed by atoms with van der Waals surface area (Å²) in [5, 5.41) is 1.19. The van der Waals surface area contributed by atoms with Gasteiger partial charge in [0.25, 0.3) is 0 Å². The average molecular weight is 209 g/mol. The summed E-state index contributed by atoms with van der Waals surface area (Å²) < 4.78 is 0. The molecule has 0 fully saturated rings. The number of aryl methyl sites for hydroxylation is 1. The molecule has 2 aromatic rings. The lowest BCUT2D eigenvalue weighted by Crippen LogP contribution is -1.91. The largest absolute Gasteiger partial charge is 0.253 e. The lowest BCUT2D eigenvalue weighted by molar-refractivity contribution is 0.930. The van der Waals surface area contributed by atoms with E-state index in [0.717, 1.165) is 29.6 Å². The number of benzene rings is 1. The summed E-state index contributed by atoms with van der Waals surface area (Å²) >= 11 is 0. The van der Waals surface area contributed by atoms with Crippen LogP contribution in [-0.2, 0) is 6.42 Å². The van der Waals surface area contributed by atoms with Crippen LogP contribution in [0.3, 0.4) is 0 Å². The maximum atomic E-state index is 4.61. The third-order valence-electron chi connectivity index (χ3n) is 2.65. The number of para-hydroxylation sites is 1. The standard InChI is InChI=1S/C15H15N/c1-3-12(2)8-10-14-11-9-13-6-4-5-7-15(13)16-14/h3-7,9,11H,1-2,8,10H2. The van der Waals surface area contributed by atoms with Crippen molar-refractivity contribution in [3.63, 3.8) is 0 Å². The minimum absolute atomic E-state index is 0.925. The quantitative estimate of drug-likeness (QED) is 0.696. The van der Waals surface area contributed by atoms with E-state index in [1.54, 1.807) is 6.08 Å². The van der Waals surface area contributed by atoms with E-state index in [1.807, 2.05) is 18.2 Å². The second-order valence-electron chi connectivity index (χ2n) is 3.86. The lowest BCUT2D eigenvalue weighted by atomic mass is 10.1. The first-order valence-corrected chi connectivity index (χ1v) is 5.44. The van der Waals surface area contributed by atoms with Crippen molar-refractivity contribution in [3.05, 3.63) is 66.9 Å². The van der Waals surface area contributed by atoms with Crippen LogP contribution in [0.25, 0.3) is 10.9 Å². The summed E-state index contributed by atoms with van der Waals surface area (Å²) in [5.41, 5.74) is 3.24. The first kappa shape index (κ1) is 10.6. The van der Waals surface area contributed by atoms with E-state index >= 15 is 0 Å². The molecule has 0 N–H and O–H groups in total. The van der Waals surface area contributed by atoms with Crippen LogP contribution >= 0.6 is 0 Å². The van der Waals surface area contributed by atoms with Gasteiger partial charge >= 0.3 is 0 Å². The Labute approximate surface area is 96.1 Å². The van der Waals surface area contributed by atoms with Crippen molar-refractivity contribution in [1.82, 2.24) is 4.98 Å². The Hall–Kier alpha value is -1.89. The van der Waals surface area contributed by atoms with Gasteiger partial charge < -0.3 is 0 Å². The Bertz CT molecular complexity index is 526. The van der Waals surface area contributed by atoms with E-state index in [2.05, 4.69) is 36.3 Å². The van der Waals surface area contributed by atoms with Crippen LogP contribution < -0.4 is 0 Å². The third-order valence-corrected chi connectivity index (χ3v) is 2.65. The van der Waals surface area contributed by atoms with Gasteiger partial charge in [0.2, 0.25) is 0 Å². The van der Waals surface area contributed by atoms with Gasteiger partial charge in [-0.2, -0.15) is 0 Å². The number of fused-ring (bicyclic) bond motifs is 1. The first-order valence-electron chi connectivity index (χ1n) is 5.44. The van der Waals surface area contributed by atoms with Crippen molar-refractivity contribution < 1.29 is 0 Å². The zero-order chi connectivity index (χ0) is 11.4. The van der Waals surface area contributed by atoms with Crippen LogP contribution in [0, 0.1) is 0 Å². The molecule has 1 heteroatoms. The van der Waals surface area contributed by atoms with E-state index in [0.29, 0.717) is 0 Å². The summed E-state index contributed by atoms with van der Waals surface area (Å²) in [7, 11) is 0. The molecule has 2 rings (SSSR count). The van der Waals surface area contributed by atoms with Crippen LogP contribution in [0.4, 0.5) is 0 Å². The van der Waals surface area contributed by atoms with Crippen LogP contribution in [0.1, 0.15) is 12.1 Å². The molecule has 0 aliphatic heterocycles. The highest BCUT2D eigenvalue weighted by Crippen LogP contribution is 2.13. The van der Waals surface area contributed by atoms with Gasteiger partial charge in [0.15, 0.2) is 0 Å². The van der Waals surface area contributed by atoms with Crippen LogP contribution in [-0.4, -0.2) is 4.98 Å².